The first-order valence-corrected chi connectivity index (χ1v) is 7.02. The summed E-state index contributed by atoms with van der Waals surface area (Å²) in [6.07, 6.45) is 0.838. The topological polar surface area (TPSA) is 78.9 Å². The molecule has 1 aromatic carbocycles. The molecule has 2 rings (SSSR count). The molecule has 1 aliphatic heterocycles. The molecule has 2 amide bonds. The molecule has 1 aliphatic rings. The molecule has 1 fully saturated rings. The number of anilines is 1. The Morgan fingerprint density at radius 3 is 2.86 bits per heavy atom. The zero-order chi connectivity index (χ0) is 15.4. The van der Waals surface area contributed by atoms with Crippen molar-refractivity contribution in [2.24, 2.45) is 0 Å². The molecule has 1 unspecified atom stereocenters. The molecule has 0 bridgehead atoms. The van der Waals surface area contributed by atoms with Gasteiger partial charge in [-0.25, -0.2) is 9.59 Å². The number of carbonyl (C=O) groups is 2. The van der Waals surface area contributed by atoms with Gasteiger partial charge in [0.05, 0.1) is 24.8 Å². The van der Waals surface area contributed by atoms with Gasteiger partial charge in [0, 0.05) is 12.2 Å². The normalized spacial score (nSPS) is 18.4. The van der Waals surface area contributed by atoms with E-state index in [-0.39, 0.29) is 17.6 Å². The summed E-state index contributed by atoms with van der Waals surface area (Å²) in [6.45, 7) is 5.46. The number of ether oxygens (including phenoxy) is 1. The summed E-state index contributed by atoms with van der Waals surface area (Å²) < 4.78 is 5.38. The van der Waals surface area contributed by atoms with Crippen molar-refractivity contribution in [1.29, 1.82) is 0 Å². The lowest BCUT2D eigenvalue weighted by molar-refractivity contribution is 0.0144. The number of amides is 2. The van der Waals surface area contributed by atoms with E-state index >= 15 is 0 Å². The van der Waals surface area contributed by atoms with Crippen molar-refractivity contribution in [1.82, 2.24) is 4.90 Å². The van der Waals surface area contributed by atoms with Gasteiger partial charge in [-0.1, -0.05) is 6.92 Å². The fraction of sp³-hybridized carbons (Fsp3) is 0.467. The molecule has 0 aliphatic carbocycles. The zero-order valence-corrected chi connectivity index (χ0v) is 12.3. The molecule has 6 nitrogen and oxygen atoms in total. The second-order valence-electron chi connectivity index (χ2n) is 5.10. The predicted octanol–water partition coefficient (Wildman–Crippen LogP) is 2.34. The van der Waals surface area contributed by atoms with Crippen LogP contribution in [0.4, 0.5) is 10.5 Å². The van der Waals surface area contributed by atoms with Crippen LogP contribution in [-0.2, 0) is 4.74 Å². The molecule has 21 heavy (non-hydrogen) atoms. The molecule has 1 heterocycles. The summed E-state index contributed by atoms with van der Waals surface area (Å²) >= 11 is 0. The fourth-order valence-corrected chi connectivity index (χ4v) is 2.38. The first kappa shape index (κ1) is 15.3. The molecule has 0 aromatic heterocycles. The van der Waals surface area contributed by atoms with E-state index in [1.165, 1.54) is 6.07 Å². The summed E-state index contributed by atoms with van der Waals surface area (Å²) in [5.74, 6) is -0.977. The van der Waals surface area contributed by atoms with Crippen molar-refractivity contribution < 1.29 is 19.4 Å². The maximum Gasteiger partial charge on any atom is 0.335 e. The molecule has 1 aromatic rings. The molecule has 0 spiro atoms. The Morgan fingerprint density at radius 1 is 1.48 bits per heavy atom. The van der Waals surface area contributed by atoms with E-state index in [1.807, 2.05) is 6.92 Å². The van der Waals surface area contributed by atoms with Crippen LogP contribution in [0.5, 0.6) is 0 Å². The van der Waals surface area contributed by atoms with E-state index in [9.17, 15) is 9.59 Å². The van der Waals surface area contributed by atoms with Crippen LogP contribution in [0, 0.1) is 6.92 Å². The summed E-state index contributed by atoms with van der Waals surface area (Å²) in [5.41, 5.74) is 1.57. The molecular formula is C15H20N2O4. The minimum absolute atomic E-state index is 0.0809. The standard InChI is InChI=1S/C15H20N2O4/c1-3-12-9-21-7-6-17(12)15(20)16-13-5-4-11(14(18)19)8-10(13)2/h4-5,8,12H,3,6-7,9H2,1-2H3,(H,16,20)(H,18,19). The maximum atomic E-state index is 12.4. The second-order valence-corrected chi connectivity index (χ2v) is 5.10. The van der Waals surface area contributed by atoms with Gasteiger partial charge in [-0.3, -0.25) is 0 Å². The fourth-order valence-electron chi connectivity index (χ4n) is 2.38. The number of carboxylic acids is 1. The molecule has 0 saturated carbocycles. The number of urea groups is 1. The van der Waals surface area contributed by atoms with Crippen LogP contribution < -0.4 is 5.32 Å². The van der Waals surface area contributed by atoms with E-state index < -0.39 is 5.97 Å². The second kappa shape index (κ2) is 6.58. The molecule has 114 valence electrons. The zero-order valence-electron chi connectivity index (χ0n) is 12.3. The molecule has 1 saturated heterocycles. The van der Waals surface area contributed by atoms with Crippen LogP contribution in [-0.4, -0.2) is 47.8 Å². The van der Waals surface area contributed by atoms with E-state index in [2.05, 4.69) is 5.32 Å². The van der Waals surface area contributed by atoms with Gasteiger partial charge >= 0.3 is 12.0 Å². The highest BCUT2D eigenvalue weighted by Crippen LogP contribution is 2.19. The largest absolute Gasteiger partial charge is 0.478 e. The maximum absolute atomic E-state index is 12.4. The van der Waals surface area contributed by atoms with Gasteiger partial charge < -0.3 is 20.1 Å². The Kier molecular flexibility index (Phi) is 4.80. The highest BCUT2D eigenvalue weighted by atomic mass is 16.5. The van der Waals surface area contributed by atoms with Crippen LogP contribution in [0.15, 0.2) is 18.2 Å². The van der Waals surface area contributed by atoms with Crippen molar-refractivity contribution >= 4 is 17.7 Å². The highest BCUT2D eigenvalue weighted by molar-refractivity contribution is 5.92. The molecule has 1 atom stereocenters. The van der Waals surface area contributed by atoms with Crippen molar-refractivity contribution in [3.63, 3.8) is 0 Å². The van der Waals surface area contributed by atoms with Crippen LogP contribution >= 0.6 is 0 Å². The van der Waals surface area contributed by atoms with Crippen LogP contribution in [0.2, 0.25) is 0 Å². The molecule has 2 N–H and O–H groups in total. The first-order chi connectivity index (χ1) is 10.0. The van der Waals surface area contributed by atoms with Crippen LogP contribution in [0.3, 0.4) is 0 Å². The van der Waals surface area contributed by atoms with Gasteiger partial charge in [0.25, 0.3) is 0 Å². The number of rotatable bonds is 3. The number of aromatic carboxylic acids is 1. The third-order valence-electron chi connectivity index (χ3n) is 3.67. The third-order valence-corrected chi connectivity index (χ3v) is 3.67. The van der Waals surface area contributed by atoms with Gasteiger partial charge in [0.1, 0.15) is 0 Å². The average Bonchev–Trinajstić information content (AvgIpc) is 2.48. The van der Waals surface area contributed by atoms with Crippen molar-refractivity contribution in [2.45, 2.75) is 26.3 Å². The summed E-state index contributed by atoms with van der Waals surface area (Å²) in [7, 11) is 0. The number of morpholine rings is 1. The summed E-state index contributed by atoms with van der Waals surface area (Å²) in [5, 5.41) is 11.8. The number of benzene rings is 1. The van der Waals surface area contributed by atoms with Crippen LogP contribution in [0.25, 0.3) is 0 Å². The Labute approximate surface area is 123 Å². The van der Waals surface area contributed by atoms with Gasteiger partial charge in [0.15, 0.2) is 0 Å². The average molecular weight is 292 g/mol. The Hall–Kier alpha value is -2.08. The quantitative estimate of drug-likeness (QED) is 0.896. The van der Waals surface area contributed by atoms with E-state index in [1.54, 1.807) is 24.0 Å². The Morgan fingerprint density at radius 2 is 2.24 bits per heavy atom. The number of hydrogen-bond donors (Lipinski definition) is 2. The smallest absolute Gasteiger partial charge is 0.335 e. The van der Waals surface area contributed by atoms with Crippen molar-refractivity contribution in [3.8, 4) is 0 Å². The SMILES string of the molecule is CCC1COCCN1C(=O)Nc1ccc(C(=O)O)cc1C. The number of nitrogens with zero attached hydrogens (tertiary/aromatic N) is 1. The number of hydrogen-bond acceptors (Lipinski definition) is 3. The van der Waals surface area contributed by atoms with Gasteiger partial charge in [-0.15, -0.1) is 0 Å². The van der Waals surface area contributed by atoms with E-state index in [0.717, 1.165) is 12.0 Å². The molecular weight excluding hydrogens is 272 g/mol. The third kappa shape index (κ3) is 3.52. The Bertz CT molecular complexity index is 544. The van der Waals surface area contributed by atoms with E-state index in [0.29, 0.717) is 25.4 Å². The summed E-state index contributed by atoms with van der Waals surface area (Å²) in [6, 6.07) is 4.57. The predicted molar refractivity (Wildman–Crippen MR) is 78.8 cm³/mol. The highest BCUT2D eigenvalue weighted by Gasteiger charge is 2.26. The minimum Gasteiger partial charge on any atom is -0.478 e. The number of carboxylic acid groups (broad SMARTS) is 1. The molecule has 0 radical (unpaired) electrons. The minimum atomic E-state index is -0.977. The van der Waals surface area contributed by atoms with Crippen molar-refractivity contribution in [3.05, 3.63) is 29.3 Å². The number of aryl methyl sites for hydroxylation is 1. The number of nitrogens with one attached hydrogen (secondary N) is 1. The van der Waals surface area contributed by atoms with Gasteiger partial charge in [0.2, 0.25) is 0 Å². The van der Waals surface area contributed by atoms with Crippen LogP contribution in [0.1, 0.15) is 29.3 Å². The van der Waals surface area contributed by atoms with Crippen molar-refractivity contribution in [2.75, 3.05) is 25.1 Å². The monoisotopic (exact) mass is 292 g/mol. The van der Waals surface area contributed by atoms with E-state index in [4.69, 9.17) is 9.84 Å². The lowest BCUT2D eigenvalue weighted by Gasteiger charge is -2.35. The van der Waals surface area contributed by atoms with Gasteiger partial charge in [-0.2, -0.15) is 0 Å². The lowest BCUT2D eigenvalue weighted by Crippen LogP contribution is -2.50. The molecule has 6 heteroatoms. The Balaban J connectivity index is 2.10. The lowest BCUT2D eigenvalue weighted by atomic mass is 10.1. The summed E-state index contributed by atoms with van der Waals surface area (Å²) in [4.78, 5) is 25.0. The van der Waals surface area contributed by atoms with Gasteiger partial charge in [-0.05, 0) is 37.1 Å². The first-order valence-electron chi connectivity index (χ1n) is 7.02. The number of carbonyl (C=O) groups excluding carboxylic acids is 1.